The number of anilines is 1. The Morgan fingerprint density at radius 3 is 2.66 bits per heavy atom. The molecule has 0 radical (unpaired) electrons. The van der Waals surface area contributed by atoms with Gasteiger partial charge >= 0.3 is 12.1 Å². The maximum Gasteiger partial charge on any atom is 0.421 e. The van der Waals surface area contributed by atoms with Gasteiger partial charge in [-0.1, -0.05) is 18.2 Å². The van der Waals surface area contributed by atoms with Gasteiger partial charge in [0.1, 0.15) is 18.1 Å². The van der Waals surface area contributed by atoms with E-state index in [0.717, 1.165) is 33.5 Å². The zero-order valence-corrected chi connectivity index (χ0v) is 19.6. The van der Waals surface area contributed by atoms with Gasteiger partial charge in [0.05, 0.1) is 34.0 Å². The summed E-state index contributed by atoms with van der Waals surface area (Å²) in [6, 6.07) is 19.8. The summed E-state index contributed by atoms with van der Waals surface area (Å²) >= 11 is 1.49. The first-order valence-corrected chi connectivity index (χ1v) is 11.9. The number of nitrogens with zero attached hydrogens (tertiary/aromatic N) is 4. The lowest BCUT2D eigenvalue weighted by atomic mass is 10.1. The maximum atomic E-state index is 12.9. The predicted octanol–water partition coefficient (Wildman–Crippen LogP) is 5.13. The summed E-state index contributed by atoms with van der Waals surface area (Å²) in [5.41, 5.74) is 4.19. The van der Waals surface area contributed by atoms with Crippen LogP contribution < -0.4 is 9.64 Å². The molecule has 0 saturated heterocycles. The summed E-state index contributed by atoms with van der Waals surface area (Å²) in [6.45, 7) is -0.0921. The quantitative estimate of drug-likeness (QED) is 0.238. The predicted molar refractivity (Wildman–Crippen MR) is 132 cm³/mol. The molecule has 2 aromatic carbocycles. The molecule has 9 heteroatoms. The Kier molecular flexibility index (Phi) is 7.99. The molecule has 176 valence electrons. The number of carbonyl (C=O) groups excluding carboxylic acids is 2. The second-order valence-corrected chi connectivity index (χ2v) is 8.50. The number of pyridine rings is 1. The fourth-order valence-electron chi connectivity index (χ4n) is 3.35. The van der Waals surface area contributed by atoms with Crippen molar-refractivity contribution in [1.82, 2.24) is 9.97 Å². The lowest BCUT2D eigenvalue weighted by Crippen LogP contribution is -2.39. The number of ether oxygens (including phenoxy) is 2. The van der Waals surface area contributed by atoms with Crippen molar-refractivity contribution in [2.75, 3.05) is 18.1 Å². The van der Waals surface area contributed by atoms with Gasteiger partial charge in [-0.3, -0.25) is 4.79 Å². The molecule has 4 rings (SSSR count). The molecule has 0 atom stereocenters. The van der Waals surface area contributed by atoms with E-state index in [0.29, 0.717) is 17.7 Å². The van der Waals surface area contributed by atoms with Crippen LogP contribution in [0.1, 0.15) is 24.0 Å². The molecule has 0 saturated carbocycles. The number of esters is 1. The minimum absolute atomic E-state index is 0.237. The molecule has 4 aromatic rings. The monoisotopic (exact) mass is 486 g/mol. The number of aryl methyl sites for hydroxylation is 1. The highest BCUT2D eigenvalue weighted by Crippen LogP contribution is 2.24. The second-order valence-electron chi connectivity index (χ2n) is 7.61. The van der Waals surface area contributed by atoms with E-state index in [1.165, 1.54) is 17.5 Å². The minimum Gasteiger partial charge on any atom is -0.464 e. The second kappa shape index (κ2) is 11.7. The topological polar surface area (TPSA) is 105 Å². The SMILES string of the molecule is N#Cc1ccc(CCCCOC(=O)CN(C(=O)Oc2ccc3scnc3c2)c2ccccn2)cc1. The Morgan fingerprint density at radius 1 is 1.03 bits per heavy atom. The summed E-state index contributed by atoms with van der Waals surface area (Å²) in [4.78, 5) is 35.0. The van der Waals surface area contributed by atoms with Crippen molar-refractivity contribution in [3.63, 3.8) is 0 Å². The van der Waals surface area contributed by atoms with Gasteiger partial charge in [0.25, 0.3) is 0 Å². The molecule has 0 bridgehead atoms. The molecule has 1 amide bonds. The van der Waals surface area contributed by atoms with Crippen LogP contribution in [0.15, 0.2) is 72.4 Å². The van der Waals surface area contributed by atoms with Crippen LogP contribution in [-0.2, 0) is 16.0 Å². The van der Waals surface area contributed by atoms with Gasteiger partial charge in [-0.05, 0) is 61.2 Å². The number of aromatic nitrogens is 2. The smallest absolute Gasteiger partial charge is 0.421 e. The van der Waals surface area contributed by atoms with E-state index < -0.39 is 12.1 Å². The molecular formula is C26H22N4O4S. The molecule has 35 heavy (non-hydrogen) atoms. The van der Waals surface area contributed by atoms with E-state index in [-0.39, 0.29) is 19.0 Å². The van der Waals surface area contributed by atoms with Gasteiger partial charge in [-0.15, -0.1) is 11.3 Å². The molecule has 0 unspecified atom stereocenters. The van der Waals surface area contributed by atoms with E-state index in [9.17, 15) is 9.59 Å². The minimum atomic E-state index is -0.740. The molecule has 8 nitrogen and oxygen atoms in total. The van der Waals surface area contributed by atoms with Crippen LogP contribution in [0.25, 0.3) is 10.2 Å². The first kappa shape index (κ1) is 23.9. The molecular weight excluding hydrogens is 464 g/mol. The lowest BCUT2D eigenvalue weighted by molar-refractivity contribution is -0.142. The highest BCUT2D eigenvalue weighted by molar-refractivity contribution is 7.16. The molecule has 2 aromatic heterocycles. The van der Waals surface area contributed by atoms with Crippen molar-refractivity contribution in [3.05, 3.63) is 83.5 Å². The largest absolute Gasteiger partial charge is 0.464 e. The molecule has 2 heterocycles. The van der Waals surface area contributed by atoms with E-state index in [1.807, 2.05) is 18.2 Å². The Labute approximate surface area is 206 Å². The number of carbonyl (C=O) groups is 2. The molecule has 0 spiro atoms. The number of hydrogen-bond acceptors (Lipinski definition) is 8. The van der Waals surface area contributed by atoms with Crippen molar-refractivity contribution >= 4 is 39.4 Å². The summed E-state index contributed by atoms with van der Waals surface area (Å²) in [5.74, 6) is 0.0523. The average molecular weight is 487 g/mol. The zero-order valence-electron chi connectivity index (χ0n) is 18.8. The average Bonchev–Trinajstić information content (AvgIpc) is 3.36. The van der Waals surface area contributed by atoms with Crippen LogP contribution >= 0.6 is 11.3 Å². The third-order valence-electron chi connectivity index (χ3n) is 5.15. The van der Waals surface area contributed by atoms with Gasteiger partial charge in [0, 0.05) is 12.3 Å². The molecule has 0 aliphatic heterocycles. The Morgan fingerprint density at radius 2 is 1.89 bits per heavy atom. The number of amides is 1. The van der Waals surface area contributed by atoms with Crippen molar-refractivity contribution in [2.24, 2.45) is 0 Å². The maximum absolute atomic E-state index is 12.9. The standard InChI is InChI=1S/C26H22N4O4S/c27-16-20-9-7-19(8-10-20)5-2-4-14-33-25(31)17-30(24-6-1-3-13-28-24)26(32)34-21-11-12-23-22(15-21)29-18-35-23/h1,3,6-13,15,18H,2,4-5,14,17H2. The number of nitriles is 1. The van der Waals surface area contributed by atoms with Crippen LogP contribution in [0.4, 0.5) is 10.6 Å². The molecule has 0 N–H and O–H groups in total. The van der Waals surface area contributed by atoms with Gasteiger partial charge in [-0.2, -0.15) is 5.26 Å². The summed E-state index contributed by atoms with van der Waals surface area (Å²) in [6.07, 6.45) is 3.11. The van der Waals surface area contributed by atoms with E-state index in [2.05, 4.69) is 16.0 Å². The van der Waals surface area contributed by atoms with E-state index in [4.69, 9.17) is 14.7 Å². The Balaban J connectivity index is 1.30. The van der Waals surface area contributed by atoms with Crippen molar-refractivity contribution in [2.45, 2.75) is 19.3 Å². The number of rotatable bonds is 9. The molecule has 0 aliphatic rings. The van der Waals surface area contributed by atoms with Crippen LogP contribution in [0.3, 0.4) is 0 Å². The van der Waals surface area contributed by atoms with Crippen molar-refractivity contribution < 1.29 is 19.1 Å². The highest BCUT2D eigenvalue weighted by atomic mass is 32.1. The van der Waals surface area contributed by atoms with Gasteiger partial charge in [0.15, 0.2) is 0 Å². The van der Waals surface area contributed by atoms with Crippen molar-refractivity contribution in [3.8, 4) is 11.8 Å². The van der Waals surface area contributed by atoms with Crippen LogP contribution in [0.2, 0.25) is 0 Å². The van der Waals surface area contributed by atoms with Crippen LogP contribution in [-0.4, -0.2) is 35.2 Å². The lowest BCUT2D eigenvalue weighted by Gasteiger charge is -2.20. The summed E-state index contributed by atoms with van der Waals surface area (Å²) in [7, 11) is 0. The fraction of sp³-hybridized carbons (Fsp3) is 0.192. The zero-order chi connectivity index (χ0) is 24.5. The number of benzene rings is 2. The third-order valence-corrected chi connectivity index (χ3v) is 5.96. The summed E-state index contributed by atoms with van der Waals surface area (Å²) < 4.78 is 11.8. The molecule has 0 fully saturated rings. The van der Waals surface area contributed by atoms with Crippen molar-refractivity contribution in [1.29, 1.82) is 5.26 Å². The first-order valence-electron chi connectivity index (χ1n) is 11.0. The van der Waals surface area contributed by atoms with E-state index >= 15 is 0 Å². The van der Waals surface area contributed by atoms with Crippen LogP contribution in [0, 0.1) is 11.3 Å². The number of thiazole rings is 1. The highest BCUT2D eigenvalue weighted by Gasteiger charge is 2.23. The van der Waals surface area contributed by atoms with Gasteiger partial charge in [0.2, 0.25) is 0 Å². The van der Waals surface area contributed by atoms with Gasteiger partial charge < -0.3 is 9.47 Å². The normalized spacial score (nSPS) is 10.5. The Bertz CT molecular complexity index is 1330. The summed E-state index contributed by atoms with van der Waals surface area (Å²) in [5, 5.41) is 8.86. The van der Waals surface area contributed by atoms with E-state index in [1.54, 1.807) is 48.0 Å². The number of hydrogen-bond donors (Lipinski definition) is 0. The Hall–Kier alpha value is -4.29. The number of fused-ring (bicyclic) bond motifs is 1. The fourth-order valence-corrected chi connectivity index (χ4v) is 4.01. The molecule has 0 aliphatic carbocycles. The number of unbranched alkanes of at least 4 members (excludes halogenated alkanes) is 1. The van der Waals surface area contributed by atoms with Gasteiger partial charge in [-0.25, -0.2) is 19.7 Å². The first-order chi connectivity index (χ1) is 17.1. The van der Waals surface area contributed by atoms with Crippen LogP contribution in [0.5, 0.6) is 5.75 Å². The third kappa shape index (κ3) is 6.62.